The van der Waals surface area contributed by atoms with E-state index in [1.165, 1.54) is 19.3 Å². The Balaban J connectivity index is 0.866. The molecule has 0 aromatic heterocycles. The lowest BCUT2D eigenvalue weighted by Crippen LogP contribution is -2.50. The van der Waals surface area contributed by atoms with E-state index < -0.39 is 29.2 Å². The minimum absolute atomic E-state index is 0.0113. The summed E-state index contributed by atoms with van der Waals surface area (Å²) in [6, 6.07) is 0.594. The first-order chi connectivity index (χ1) is 27.6. The van der Waals surface area contributed by atoms with Gasteiger partial charge in [-0.1, -0.05) is 13.8 Å². The summed E-state index contributed by atoms with van der Waals surface area (Å²) in [5.41, 5.74) is 0. The fourth-order valence-corrected chi connectivity index (χ4v) is 12.1. The van der Waals surface area contributed by atoms with E-state index in [1.54, 1.807) is 0 Å². The summed E-state index contributed by atoms with van der Waals surface area (Å²) in [7, 11) is 0. The molecular formula is C42H72N2O11S2. The Morgan fingerprint density at radius 2 is 1.25 bits per heavy atom. The van der Waals surface area contributed by atoms with Crippen LogP contribution in [0.5, 0.6) is 0 Å². The third-order valence-electron chi connectivity index (χ3n) is 14.6. The number of nitrogens with one attached hydrogen (secondary N) is 2. The van der Waals surface area contributed by atoms with Gasteiger partial charge in [0.1, 0.15) is 0 Å². The van der Waals surface area contributed by atoms with Gasteiger partial charge in [0, 0.05) is 24.0 Å². The molecule has 0 heterocycles. The van der Waals surface area contributed by atoms with Gasteiger partial charge in [0.05, 0.1) is 42.9 Å². The van der Waals surface area contributed by atoms with Gasteiger partial charge in [0.25, 0.3) is 0 Å². The number of rotatable bonds is 18. The smallest absolute Gasteiger partial charge is 0.307 e. The van der Waals surface area contributed by atoms with Crippen LogP contribution in [0, 0.1) is 41.4 Å². The van der Waals surface area contributed by atoms with Crippen molar-refractivity contribution in [2.75, 3.05) is 6.61 Å². The molecule has 57 heavy (non-hydrogen) atoms. The molecule has 0 bridgehead atoms. The van der Waals surface area contributed by atoms with Gasteiger partial charge in [0.2, 0.25) is 5.91 Å². The maximum absolute atomic E-state index is 13.5. The summed E-state index contributed by atoms with van der Waals surface area (Å²) in [5, 5.41) is 26.3. The molecule has 1 amide bonds. The van der Waals surface area contributed by atoms with Crippen LogP contribution >= 0.6 is 12.3 Å². The van der Waals surface area contributed by atoms with Crippen molar-refractivity contribution in [1.29, 1.82) is 0 Å². The Morgan fingerprint density at radius 1 is 0.667 bits per heavy atom. The number of carboxylic acid groups (broad SMARTS) is 1. The van der Waals surface area contributed by atoms with Gasteiger partial charge in [0.15, 0.2) is 12.3 Å². The summed E-state index contributed by atoms with van der Waals surface area (Å²) < 4.78 is 35.6. The average Bonchev–Trinajstić information content (AvgIpc) is 3.20. The van der Waals surface area contributed by atoms with Gasteiger partial charge in [-0.3, -0.25) is 27.4 Å². The number of carbonyl (C=O) groups is 2. The van der Waals surface area contributed by atoms with Crippen LogP contribution in [0.3, 0.4) is 0 Å². The first-order valence-electron chi connectivity index (χ1n) is 22.6. The van der Waals surface area contributed by atoms with Crippen LogP contribution in [0.2, 0.25) is 0 Å². The first-order valence-corrected chi connectivity index (χ1v) is 24.3. The number of hydrogen-bond acceptors (Lipinski definition) is 12. The van der Waals surface area contributed by atoms with E-state index in [9.17, 15) is 24.2 Å². The first kappa shape index (κ1) is 45.6. The zero-order valence-corrected chi connectivity index (χ0v) is 36.1. The molecule has 0 saturated heterocycles. The predicted molar refractivity (Wildman–Crippen MR) is 217 cm³/mol. The molecule has 6 aliphatic rings. The summed E-state index contributed by atoms with van der Waals surface area (Å²) in [6.07, 6.45) is 21.4. The highest BCUT2D eigenvalue weighted by atomic mass is 32.2. The lowest BCUT2D eigenvalue weighted by Gasteiger charge is -2.40. The maximum Gasteiger partial charge on any atom is 0.307 e. The van der Waals surface area contributed by atoms with Crippen LogP contribution in [0.1, 0.15) is 162 Å². The SMILES string of the molecule is CC1CCC(OOSOC2CCC(C(=O)O)C(C(=O)NC3CCC(CC4CCC(NC5CC(OS(=O)OC6CCC(C)CC6)CCC5COO)CC4)CC3)C2)CC1. The van der Waals surface area contributed by atoms with Gasteiger partial charge in [-0.25, -0.2) is 9.78 Å². The van der Waals surface area contributed by atoms with Crippen molar-refractivity contribution in [3.05, 3.63) is 0 Å². The molecule has 15 heteroatoms. The van der Waals surface area contributed by atoms with Crippen molar-refractivity contribution < 1.29 is 50.8 Å². The lowest BCUT2D eigenvalue weighted by atomic mass is 9.74. The van der Waals surface area contributed by atoms with E-state index >= 15 is 0 Å². The lowest BCUT2D eigenvalue weighted by molar-refractivity contribution is -0.254. The number of aliphatic carboxylic acids is 1. The highest BCUT2D eigenvalue weighted by Crippen LogP contribution is 2.39. The second-order valence-electron chi connectivity index (χ2n) is 18.9. The van der Waals surface area contributed by atoms with Crippen LogP contribution in [-0.2, 0) is 47.6 Å². The normalized spacial score (nSPS) is 39.9. The number of hydrogen-bond donors (Lipinski definition) is 4. The van der Waals surface area contributed by atoms with Crippen LogP contribution in [0.4, 0.5) is 0 Å². The van der Waals surface area contributed by atoms with Crippen LogP contribution in [0.15, 0.2) is 0 Å². The quantitative estimate of drug-likeness (QED) is 0.0449. The highest BCUT2D eigenvalue weighted by molar-refractivity contribution is 7.89. The Bertz CT molecular complexity index is 1240. The van der Waals surface area contributed by atoms with Crippen molar-refractivity contribution >= 4 is 35.6 Å². The zero-order valence-electron chi connectivity index (χ0n) is 34.4. The monoisotopic (exact) mass is 844 g/mol. The summed E-state index contributed by atoms with van der Waals surface area (Å²) in [4.78, 5) is 35.8. The van der Waals surface area contributed by atoms with E-state index in [4.69, 9.17) is 21.8 Å². The summed E-state index contributed by atoms with van der Waals surface area (Å²) in [5.74, 6) is 0.515. The Labute approximate surface area is 348 Å². The highest BCUT2D eigenvalue weighted by Gasteiger charge is 2.41. The van der Waals surface area contributed by atoms with Crippen molar-refractivity contribution in [2.24, 2.45) is 41.4 Å². The largest absolute Gasteiger partial charge is 0.481 e. The Kier molecular flexibility index (Phi) is 18.7. The molecule has 6 fully saturated rings. The van der Waals surface area contributed by atoms with E-state index in [0.717, 1.165) is 127 Å². The fourth-order valence-electron chi connectivity index (χ4n) is 10.8. The van der Waals surface area contributed by atoms with Gasteiger partial charge in [-0.15, -0.1) is 4.33 Å². The van der Waals surface area contributed by atoms with Crippen LogP contribution in [-0.4, -0.2) is 75.6 Å². The molecule has 6 aliphatic carbocycles. The average molecular weight is 845 g/mol. The van der Waals surface area contributed by atoms with E-state index in [2.05, 4.69) is 29.4 Å². The maximum atomic E-state index is 13.5. The van der Waals surface area contributed by atoms with Crippen LogP contribution < -0.4 is 10.6 Å². The molecule has 6 saturated carbocycles. The molecule has 0 radical (unpaired) electrons. The van der Waals surface area contributed by atoms with Crippen LogP contribution in [0.25, 0.3) is 0 Å². The number of carboxylic acids is 1. The molecule has 0 aromatic carbocycles. The molecule has 0 spiro atoms. The van der Waals surface area contributed by atoms with E-state index in [1.807, 2.05) is 0 Å². The minimum atomic E-state index is -1.75. The molecule has 7 atom stereocenters. The molecule has 328 valence electrons. The van der Waals surface area contributed by atoms with Gasteiger partial charge in [-0.05, 0) is 171 Å². The molecule has 6 rings (SSSR count). The van der Waals surface area contributed by atoms with Crippen molar-refractivity contribution in [3.63, 3.8) is 0 Å². The molecule has 13 nitrogen and oxygen atoms in total. The van der Waals surface area contributed by atoms with Crippen molar-refractivity contribution in [1.82, 2.24) is 10.6 Å². The van der Waals surface area contributed by atoms with Gasteiger partial charge < -0.3 is 15.7 Å². The second-order valence-corrected chi connectivity index (χ2v) is 20.2. The predicted octanol–water partition coefficient (Wildman–Crippen LogP) is 8.39. The summed E-state index contributed by atoms with van der Waals surface area (Å²) >= 11 is -0.942. The molecule has 0 aromatic rings. The molecule has 7 unspecified atom stereocenters. The summed E-state index contributed by atoms with van der Waals surface area (Å²) in [6.45, 7) is 4.79. The Morgan fingerprint density at radius 3 is 1.88 bits per heavy atom. The topological polar surface area (TPSA) is 171 Å². The minimum Gasteiger partial charge on any atom is -0.481 e. The van der Waals surface area contributed by atoms with Gasteiger partial charge in [-0.2, -0.15) is 4.21 Å². The van der Waals surface area contributed by atoms with Gasteiger partial charge >= 0.3 is 17.3 Å². The standard InChI is InChI=1S/C42H72N2O11S2/c1-27-3-16-34(17-4-27)51-55-56-52-36-21-22-38(42(46)47)39(24-36)41(45)44-33-14-9-30(10-15-33)23-29-7-12-32(13-8-29)43-40-25-37(20-11-31(40)26-50-48)54-57(49)53-35-18-5-28(2)6-19-35/h27-40,43,48H,3-26H2,1-2H3,(H,44,45)(H,46,47). The zero-order chi connectivity index (χ0) is 40.1. The van der Waals surface area contributed by atoms with E-state index in [0.29, 0.717) is 43.1 Å². The fraction of sp³-hybridized carbons (Fsp3) is 0.952. The van der Waals surface area contributed by atoms with Crippen molar-refractivity contribution in [2.45, 2.75) is 204 Å². The Hall–Kier alpha value is -0.880. The van der Waals surface area contributed by atoms with E-state index in [-0.39, 0.29) is 54.9 Å². The molecule has 4 N–H and O–H groups in total. The molecular weight excluding hydrogens is 773 g/mol. The second kappa shape index (κ2) is 23.4. The molecule has 0 aliphatic heterocycles. The third-order valence-corrected chi connectivity index (χ3v) is 15.9. The number of amides is 1. The van der Waals surface area contributed by atoms with Crippen molar-refractivity contribution in [3.8, 4) is 0 Å². The number of carbonyl (C=O) groups excluding carboxylic acids is 1. The third kappa shape index (κ3) is 14.6.